The lowest BCUT2D eigenvalue weighted by Crippen LogP contribution is -2.36. The molecule has 0 radical (unpaired) electrons. The molecule has 0 aliphatic rings. The third kappa shape index (κ3) is 4.77. The van der Waals surface area contributed by atoms with Gasteiger partial charge in [0.2, 0.25) is 11.8 Å². The highest BCUT2D eigenvalue weighted by Gasteiger charge is 2.23. The molecule has 0 saturated carbocycles. The number of imide groups is 1. The van der Waals surface area contributed by atoms with Gasteiger partial charge < -0.3 is 17.2 Å². The Morgan fingerprint density at radius 2 is 1.69 bits per heavy atom. The zero-order chi connectivity index (χ0) is 19.3. The third-order valence-electron chi connectivity index (χ3n) is 3.28. The van der Waals surface area contributed by atoms with E-state index in [1.807, 2.05) is 35.6 Å². The van der Waals surface area contributed by atoms with Crippen molar-refractivity contribution in [2.75, 3.05) is 0 Å². The molecule has 0 saturated heterocycles. The zero-order valence-corrected chi connectivity index (χ0v) is 14.3. The summed E-state index contributed by atoms with van der Waals surface area (Å²) >= 11 is 1.10. The predicted molar refractivity (Wildman–Crippen MR) is 97.0 cm³/mol. The summed E-state index contributed by atoms with van der Waals surface area (Å²) in [7, 11) is 0. The molecule has 7 N–H and O–H groups in total. The monoisotopic (exact) mass is 372 g/mol. The van der Waals surface area contributed by atoms with Crippen molar-refractivity contribution < 1.29 is 19.2 Å². The number of primary amides is 3. The standard InChI is InChI=1S/C17H16N4O4S/c18-13(22)8-12(16(24)21-17(20)25)14-11(15(19)23)7-10(26-14)6-9-4-2-1-3-5-9/h1-5,7-8H,6H2,(H2,18,22)(H2,19,23)(H3,20,21,24,25)/b12-8-. The number of hydrogen-bond donors (Lipinski definition) is 4. The molecule has 9 heteroatoms. The van der Waals surface area contributed by atoms with Crippen molar-refractivity contribution in [3.63, 3.8) is 0 Å². The van der Waals surface area contributed by atoms with Crippen molar-refractivity contribution in [1.82, 2.24) is 5.32 Å². The highest BCUT2D eigenvalue weighted by atomic mass is 32.1. The zero-order valence-electron chi connectivity index (χ0n) is 13.5. The van der Waals surface area contributed by atoms with E-state index in [9.17, 15) is 19.2 Å². The summed E-state index contributed by atoms with van der Waals surface area (Å²) in [4.78, 5) is 47.1. The number of carbonyl (C=O) groups excluding carboxylic acids is 4. The first kappa shape index (κ1) is 18.9. The lowest BCUT2D eigenvalue weighted by Gasteiger charge is -2.06. The van der Waals surface area contributed by atoms with Crippen molar-refractivity contribution in [3.8, 4) is 0 Å². The topological polar surface area (TPSA) is 158 Å². The van der Waals surface area contributed by atoms with E-state index in [0.717, 1.165) is 27.9 Å². The third-order valence-corrected chi connectivity index (χ3v) is 4.45. The molecular formula is C17H16N4O4S. The number of rotatable bonds is 6. The van der Waals surface area contributed by atoms with Crippen molar-refractivity contribution in [1.29, 1.82) is 0 Å². The normalized spacial score (nSPS) is 11.0. The Bertz CT molecular complexity index is 903. The van der Waals surface area contributed by atoms with Gasteiger partial charge in [-0.2, -0.15) is 0 Å². The van der Waals surface area contributed by atoms with Gasteiger partial charge in [0.25, 0.3) is 5.91 Å². The molecular weight excluding hydrogens is 356 g/mol. The van der Waals surface area contributed by atoms with Crippen LogP contribution in [0.5, 0.6) is 0 Å². The van der Waals surface area contributed by atoms with E-state index in [2.05, 4.69) is 0 Å². The van der Waals surface area contributed by atoms with Crippen LogP contribution >= 0.6 is 11.3 Å². The molecule has 1 heterocycles. The van der Waals surface area contributed by atoms with Gasteiger partial charge in [-0.1, -0.05) is 30.3 Å². The van der Waals surface area contributed by atoms with Crippen LogP contribution in [0.25, 0.3) is 5.57 Å². The van der Waals surface area contributed by atoms with Gasteiger partial charge in [-0.3, -0.25) is 19.7 Å². The van der Waals surface area contributed by atoms with E-state index < -0.39 is 23.8 Å². The van der Waals surface area contributed by atoms with Crippen molar-refractivity contribution in [2.45, 2.75) is 6.42 Å². The van der Waals surface area contributed by atoms with E-state index in [4.69, 9.17) is 17.2 Å². The van der Waals surface area contributed by atoms with Gasteiger partial charge in [0.1, 0.15) is 0 Å². The molecule has 0 spiro atoms. The summed E-state index contributed by atoms with van der Waals surface area (Å²) in [5.74, 6) is -2.65. The molecule has 2 rings (SSSR count). The lowest BCUT2D eigenvalue weighted by molar-refractivity contribution is -0.116. The summed E-state index contributed by atoms with van der Waals surface area (Å²) < 4.78 is 0. The van der Waals surface area contributed by atoms with Crippen LogP contribution in [0.2, 0.25) is 0 Å². The van der Waals surface area contributed by atoms with Gasteiger partial charge in [-0.15, -0.1) is 11.3 Å². The molecule has 26 heavy (non-hydrogen) atoms. The first-order valence-corrected chi connectivity index (χ1v) is 8.18. The Hall–Kier alpha value is -3.46. The van der Waals surface area contributed by atoms with E-state index in [1.165, 1.54) is 0 Å². The molecule has 1 aromatic heterocycles. The average Bonchev–Trinajstić information content (AvgIpc) is 2.96. The first-order chi connectivity index (χ1) is 12.3. The van der Waals surface area contributed by atoms with Crippen LogP contribution in [-0.2, 0) is 16.0 Å². The summed E-state index contributed by atoms with van der Waals surface area (Å²) in [6.45, 7) is 0. The molecule has 0 unspecified atom stereocenters. The minimum atomic E-state index is -1.10. The van der Waals surface area contributed by atoms with E-state index >= 15 is 0 Å². The van der Waals surface area contributed by atoms with Gasteiger partial charge in [-0.25, -0.2) is 4.79 Å². The molecule has 0 bridgehead atoms. The van der Waals surface area contributed by atoms with Crippen LogP contribution in [0, 0.1) is 0 Å². The van der Waals surface area contributed by atoms with Crippen molar-refractivity contribution in [3.05, 3.63) is 63.4 Å². The van der Waals surface area contributed by atoms with Crippen LogP contribution in [0.15, 0.2) is 42.5 Å². The number of hydrogen-bond acceptors (Lipinski definition) is 5. The molecule has 0 aliphatic heterocycles. The molecule has 8 nitrogen and oxygen atoms in total. The number of nitrogens with two attached hydrogens (primary N) is 3. The summed E-state index contributed by atoms with van der Waals surface area (Å²) in [6, 6.07) is 9.87. The molecule has 1 aromatic carbocycles. The lowest BCUT2D eigenvalue weighted by atomic mass is 10.1. The molecule has 0 fully saturated rings. The Kier molecular flexibility index (Phi) is 5.86. The molecule has 5 amide bonds. The Morgan fingerprint density at radius 1 is 1.04 bits per heavy atom. The minimum Gasteiger partial charge on any atom is -0.366 e. The highest BCUT2D eigenvalue weighted by Crippen LogP contribution is 2.31. The first-order valence-electron chi connectivity index (χ1n) is 7.36. The van der Waals surface area contributed by atoms with Gasteiger partial charge in [0.15, 0.2) is 0 Å². The minimum absolute atomic E-state index is 0.0491. The van der Waals surface area contributed by atoms with Gasteiger partial charge in [0, 0.05) is 17.4 Å². The fourth-order valence-corrected chi connectivity index (χ4v) is 3.47. The SMILES string of the molecule is NC(=O)/C=C(\C(=O)NC(N)=O)c1sc(Cc2ccccc2)cc1C(N)=O. The number of urea groups is 1. The highest BCUT2D eigenvalue weighted by molar-refractivity contribution is 7.14. The maximum atomic E-state index is 12.2. The second-order valence-electron chi connectivity index (χ2n) is 5.26. The quantitative estimate of drug-likeness (QED) is 0.544. The summed E-state index contributed by atoms with van der Waals surface area (Å²) in [6.07, 6.45) is 1.32. The maximum Gasteiger partial charge on any atom is 0.319 e. The van der Waals surface area contributed by atoms with Crippen LogP contribution in [0.3, 0.4) is 0 Å². The van der Waals surface area contributed by atoms with E-state index in [0.29, 0.717) is 6.42 Å². The summed E-state index contributed by atoms with van der Waals surface area (Å²) in [5, 5.41) is 1.85. The van der Waals surface area contributed by atoms with Gasteiger partial charge in [-0.05, 0) is 11.6 Å². The van der Waals surface area contributed by atoms with Crippen LogP contribution < -0.4 is 22.5 Å². The number of amides is 5. The summed E-state index contributed by atoms with van der Waals surface area (Å²) in [5.41, 5.74) is 16.2. The van der Waals surface area contributed by atoms with Crippen LogP contribution in [0.1, 0.15) is 25.7 Å². The van der Waals surface area contributed by atoms with E-state index in [1.54, 1.807) is 6.07 Å². The Morgan fingerprint density at radius 3 is 2.23 bits per heavy atom. The predicted octanol–water partition coefficient (Wildman–Crippen LogP) is 0.501. The van der Waals surface area contributed by atoms with Crippen LogP contribution in [-0.4, -0.2) is 23.8 Å². The molecule has 2 aromatic rings. The van der Waals surface area contributed by atoms with Gasteiger partial charge >= 0.3 is 6.03 Å². The van der Waals surface area contributed by atoms with Crippen molar-refractivity contribution >= 4 is 40.7 Å². The maximum absolute atomic E-state index is 12.2. The molecule has 134 valence electrons. The smallest absolute Gasteiger partial charge is 0.319 e. The second-order valence-corrected chi connectivity index (χ2v) is 6.40. The number of thiophene rings is 1. The molecule has 0 atom stereocenters. The number of carbonyl (C=O) groups is 4. The Labute approximate surface area is 152 Å². The van der Waals surface area contributed by atoms with E-state index in [-0.39, 0.29) is 16.0 Å². The largest absolute Gasteiger partial charge is 0.366 e. The molecule has 0 aliphatic carbocycles. The fourth-order valence-electron chi connectivity index (χ4n) is 2.27. The van der Waals surface area contributed by atoms with Crippen molar-refractivity contribution in [2.24, 2.45) is 17.2 Å². The fraction of sp³-hybridized carbons (Fsp3) is 0.0588. The van der Waals surface area contributed by atoms with Crippen LogP contribution in [0.4, 0.5) is 4.79 Å². The number of benzene rings is 1. The number of nitrogens with one attached hydrogen (secondary N) is 1. The average molecular weight is 372 g/mol. The second kappa shape index (κ2) is 8.08. The Balaban J connectivity index is 2.50. The van der Waals surface area contributed by atoms with Gasteiger partial charge in [0.05, 0.1) is 16.0 Å².